The van der Waals surface area contributed by atoms with Crippen molar-refractivity contribution in [1.82, 2.24) is 10.6 Å². The van der Waals surface area contributed by atoms with E-state index in [4.69, 9.17) is 0 Å². The van der Waals surface area contributed by atoms with Gasteiger partial charge in [-0.1, -0.05) is 26.2 Å². The number of carbonyl (C=O) groups excluding carboxylic acids is 3. The fourth-order valence-electron chi connectivity index (χ4n) is 2.31. The van der Waals surface area contributed by atoms with Gasteiger partial charge in [-0.3, -0.25) is 14.4 Å². The molecule has 1 fully saturated rings. The Bertz CT molecular complexity index is 349. The molecule has 6 nitrogen and oxygen atoms in total. The van der Waals surface area contributed by atoms with Gasteiger partial charge in [0.05, 0.1) is 7.11 Å². The molecule has 2 amide bonds. The third-order valence-electron chi connectivity index (χ3n) is 3.46. The van der Waals surface area contributed by atoms with Crippen molar-refractivity contribution in [2.75, 3.05) is 13.7 Å². The maximum absolute atomic E-state index is 12.3. The molecule has 0 radical (unpaired) electrons. The molecule has 1 aliphatic carbocycles. The van der Waals surface area contributed by atoms with E-state index in [1.54, 1.807) is 6.92 Å². The summed E-state index contributed by atoms with van der Waals surface area (Å²) in [7, 11) is 1.27. The van der Waals surface area contributed by atoms with E-state index in [9.17, 15) is 14.4 Å². The summed E-state index contributed by atoms with van der Waals surface area (Å²) >= 11 is 0. The Morgan fingerprint density at radius 3 is 2.32 bits per heavy atom. The van der Waals surface area contributed by atoms with E-state index in [1.165, 1.54) is 7.11 Å². The lowest BCUT2D eigenvalue weighted by Crippen LogP contribution is -2.60. The maximum Gasteiger partial charge on any atom is 0.325 e. The summed E-state index contributed by atoms with van der Waals surface area (Å²) < 4.78 is 4.48. The molecule has 108 valence electrons. The minimum Gasteiger partial charge on any atom is -0.468 e. The second-order valence-electron chi connectivity index (χ2n) is 4.80. The van der Waals surface area contributed by atoms with Crippen LogP contribution in [0.3, 0.4) is 0 Å². The number of carbonyl (C=O) groups is 3. The molecule has 19 heavy (non-hydrogen) atoms. The van der Waals surface area contributed by atoms with Crippen LogP contribution in [0.5, 0.6) is 0 Å². The molecule has 0 aromatic rings. The van der Waals surface area contributed by atoms with Crippen molar-refractivity contribution in [3.8, 4) is 0 Å². The lowest BCUT2D eigenvalue weighted by Gasteiger charge is -2.36. The number of ether oxygens (including phenoxy) is 1. The lowest BCUT2D eigenvalue weighted by atomic mass is 9.80. The first-order chi connectivity index (χ1) is 9.04. The van der Waals surface area contributed by atoms with Gasteiger partial charge in [0.2, 0.25) is 11.8 Å². The molecule has 0 aromatic carbocycles. The van der Waals surface area contributed by atoms with Crippen molar-refractivity contribution in [3.05, 3.63) is 0 Å². The molecule has 0 bridgehead atoms. The van der Waals surface area contributed by atoms with E-state index in [1.807, 2.05) is 0 Å². The minimum absolute atomic E-state index is 0.143. The normalized spacial score (nSPS) is 17.4. The number of rotatable bonds is 5. The predicted molar refractivity (Wildman–Crippen MR) is 69.3 cm³/mol. The van der Waals surface area contributed by atoms with Crippen LogP contribution in [-0.4, -0.2) is 37.0 Å². The largest absolute Gasteiger partial charge is 0.468 e. The summed E-state index contributed by atoms with van der Waals surface area (Å²) in [5.41, 5.74) is -0.862. The van der Waals surface area contributed by atoms with Gasteiger partial charge in [0.25, 0.3) is 0 Å². The number of hydrogen-bond acceptors (Lipinski definition) is 4. The van der Waals surface area contributed by atoms with E-state index < -0.39 is 11.5 Å². The Kier molecular flexibility index (Phi) is 5.79. The minimum atomic E-state index is -0.862. The van der Waals surface area contributed by atoms with E-state index in [0.717, 1.165) is 19.3 Å². The van der Waals surface area contributed by atoms with Crippen molar-refractivity contribution in [3.63, 3.8) is 0 Å². The number of methoxy groups -OCH3 is 1. The summed E-state index contributed by atoms with van der Waals surface area (Å²) in [6.45, 7) is 1.58. The van der Waals surface area contributed by atoms with E-state index >= 15 is 0 Å². The fraction of sp³-hybridized carbons (Fsp3) is 0.769. The summed E-state index contributed by atoms with van der Waals surface area (Å²) in [5.74, 6) is -0.935. The van der Waals surface area contributed by atoms with Crippen LogP contribution in [0.4, 0.5) is 0 Å². The van der Waals surface area contributed by atoms with Crippen LogP contribution < -0.4 is 10.6 Å². The Morgan fingerprint density at radius 2 is 1.79 bits per heavy atom. The van der Waals surface area contributed by atoms with E-state index in [-0.39, 0.29) is 18.4 Å². The molecular formula is C13H22N2O4. The van der Waals surface area contributed by atoms with Gasteiger partial charge < -0.3 is 15.4 Å². The lowest BCUT2D eigenvalue weighted by molar-refractivity contribution is -0.142. The molecule has 0 saturated heterocycles. The van der Waals surface area contributed by atoms with Gasteiger partial charge in [-0.25, -0.2) is 0 Å². The average Bonchev–Trinajstić information content (AvgIpc) is 2.44. The Morgan fingerprint density at radius 1 is 1.16 bits per heavy atom. The van der Waals surface area contributed by atoms with Gasteiger partial charge >= 0.3 is 5.97 Å². The zero-order valence-corrected chi connectivity index (χ0v) is 11.6. The van der Waals surface area contributed by atoms with Crippen molar-refractivity contribution in [2.24, 2.45) is 0 Å². The van der Waals surface area contributed by atoms with Crippen molar-refractivity contribution in [2.45, 2.75) is 51.0 Å². The molecule has 6 heteroatoms. The van der Waals surface area contributed by atoms with Crippen LogP contribution in [0.2, 0.25) is 0 Å². The van der Waals surface area contributed by atoms with E-state index in [0.29, 0.717) is 19.3 Å². The van der Waals surface area contributed by atoms with Gasteiger partial charge in [0.1, 0.15) is 12.1 Å². The first-order valence-corrected chi connectivity index (χ1v) is 6.70. The molecule has 0 heterocycles. The molecule has 0 atom stereocenters. The predicted octanol–water partition coefficient (Wildman–Crippen LogP) is 0.505. The second-order valence-corrected chi connectivity index (χ2v) is 4.80. The molecule has 1 aliphatic rings. The van der Waals surface area contributed by atoms with Gasteiger partial charge in [-0.05, 0) is 12.8 Å². The highest BCUT2D eigenvalue weighted by atomic mass is 16.5. The summed E-state index contributed by atoms with van der Waals surface area (Å²) in [4.78, 5) is 34.9. The molecule has 0 aromatic heterocycles. The van der Waals surface area contributed by atoms with Crippen LogP contribution in [0, 0.1) is 0 Å². The fourth-order valence-corrected chi connectivity index (χ4v) is 2.31. The molecule has 1 saturated carbocycles. The topological polar surface area (TPSA) is 84.5 Å². The highest BCUT2D eigenvalue weighted by Crippen LogP contribution is 2.28. The standard InChI is InChI=1S/C13H22N2O4/c1-3-10(16)15-13(7-5-4-6-8-13)12(18)14-9-11(17)19-2/h3-9H2,1-2H3,(H,14,18)(H,15,16). The maximum atomic E-state index is 12.3. The molecule has 0 spiro atoms. The van der Waals surface area contributed by atoms with Crippen LogP contribution in [-0.2, 0) is 19.1 Å². The van der Waals surface area contributed by atoms with Crippen LogP contribution >= 0.6 is 0 Å². The van der Waals surface area contributed by atoms with Gasteiger partial charge in [0, 0.05) is 6.42 Å². The molecule has 0 unspecified atom stereocenters. The Labute approximate surface area is 113 Å². The quantitative estimate of drug-likeness (QED) is 0.713. The zero-order chi connectivity index (χ0) is 14.3. The molecule has 0 aliphatic heterocycles. The monoisotopic (exact) mass is 270 g/mol. The summed E-state index contributed by atoms with van der Waals surface area (Å²) in [6, 6.07) is 0. The molecule has 2 N–H and O–H groups in total. The number of amides is 2. The van der Waals surface area contributed by atoms with Gasteiger partial charge in [0.15, 0.2) is 0 Å². The summed E-state index contributed by atoms with van der Waals surface area (Å²) in [5, 5.41) is 5.37. The van der Waals surface area contributed by atoms with Gasteiger partial charge in [-0.2, -0.15) is 0 Å². The van der Waals surface area contributed by atoms with Crippen LogP contribution in [0.1, 0.15) is 45.4 Å². The van der Waals surface area contributed by atoms with Crippen LogP contribution in [0.15, 0.2) is 0 Å². The average molecular weight is 270 g/mol. The highest BCUT2D eigenvalue weighted by Gasteiger charge is 2.40. The first kappa shape index (κ1) is 15.5. The Hall–Kier alpha value is -1.59. The van der Waals surface area contributed by atoms with Crippen LogP contribution in [0.25, 0.3) is 0 Å². The number of hydrogen-bond donors (Lipinski definition) is 2. The van der Waals surface area contributed by atoms with E-state index in [2.05, 4.69) is 15.4 Å². The number of nitrogens with one attached hydrogen (secondary N) is 2. The van der Waals surface area contributed by atoms with Crippen molar-refractivity contribution in [1.29, 1.82) is 0 Å². The second kappa shape index (κ2) is 7.11. The zero-order valence-electron chi connectivity index (χ0n) is 11.6. The molecule has 1 rings (SSSR count). The van der Waals surface area contributed by atoms with Gasteiger partial charge in [-0.15, -0.1) is 0 Å². The SMILES string of the molecule is CCC(=O)NC1(C(=O)NCC(=O)OC)CCCCC1. The number of esters is 1. The smallest absolute Gasteiger partial charge is 0.325 e. The van der Waals surface area contributed by atoms with Crippen molar-refractivity contribution < 1.29 is 19.1 Å². The third-order valence-corrected chi connectivity index (χ3v) is 3.46. The third kappa shape index (κ3) is 4.22. The first-order valence-electron chi connectivity index (χ1n) is 6.70. The summed E-state index contributed by atoms with van der Waals surface area (Å²) in [6.07, 6.45) is 4.43. The van der Waals surface area contributed by atoms with Crippen molar-refractivity contribution >= 4 is 17.8 Å². The highest BCUT2D eigenvalue weighted by molar-refractivity contribution is 5.93. The molecular weight excluding hydrogens is 248 g/mol. The Balaban J connectivity index is 2.69.